The van der Waals surface area contributed by atoms with Crippen LogP contribution >= 0.6 is 0 Å². The Labute approximate surface area is 158 Å². The number of hydrogen-bond acceptors (Lipinski definition) is 6. The van der Waals surface area contributed by atoms with Crippen molar-refractivity contribution in [2.24, 2.45) is 0 Å². The summed E-state index contributed by atoms with van der Waals surface area (Å²) in [6, 6.07) is 5.79. The second-order valence-corrected chi connectivity index (χ2v) is 5.32. The minimum Gasteiger partial charge on any atom is -0.477 e. The summed E-state index contributed by atoms with van der Waals surface area (Å²) in [5.74, 6) is -4.28. The third-order valence-corrected chi connectivity index (χ3v) is 3.26. The molecule has 2 rings (SSSR count). The van der Waals surface area contributed by atoms with Gasteiger partial charge in [-0.25, -0.2) is 18.6 Å². The van der Waals surface area contributed by atoms with Crippen molar-refractivity contribution in [1.29, 1.82) is 0 Å². The lowest BCUT2D eigenvalue weighted by Gasteiger charge is -2.09. The molecule has 0 radical (unpaired) electrons. The summed E-state index contributed by atoms with van der Waals surface area (Å²) >= 11 is 0. The molecule has 0 aliphatic heterocycles. The van der Waals surface area contributed by atoms with Crippen LogP contribution in [0.3, 0.4) is 0 Å². The number of hydrogen-bond donors (Lipinski definition) is 2. The first-order valence-corrected chi connectivity index (χ1v) is 8.17. The van der Waals surface area contributed by atoms with E-state index >= 15 is 0 Å². The molecule has 0 unspecified atom stereocenters. The van der Waals surface area contributed by atoms with E-state index in [-0.39, 0.29) is 17.1 Å². The van der Waals surface area contributed by atoms with Crippen LogP contribution in [0.2, 0.25) is 0 Å². The zero-order chi connectivity index (χ0) is 20.5. The van der Waals surface area contributed by atoms with E-state index in [0.29, 0.717) is 6.61 Å². The number of amides is 2. The zero-order valence-corrected chi connectivity index (χ0v) is 14.8. The summed E-state index contributed by atoms with van der Waals surface area (Å²) in [7, 11) is 0. The highest BCUT2D eigenvalue weighted by molar-refractivity contribution is 5.96. The Bertz CT molecular complexity index is 876. The van der Waals surface area contributed by atoms with Gasteiger partial charge in [-0.3, -0.25) is 9.59 Å². The van der Waals surface area contributed by atoms with E-state index in [4.69, 9.17) is 9.47 Å². The molecule has 1 aromatic heterocycles. The van der Waals surface area contributed by atoms with Gasteiger partial charge < -0.3 is 20.1 Å². The molecule has 28 heavy (non-hydrogen) atoms. The number of esters is 1. The molecule has 2 aromatic rings. The molecule has 0 saturated heterocycles. The minimum absolute atomic E-state index is 0.0320. The van der Waals surface area contributed by atoms with Gasteiger partial charge in [0.1, 0.15) is 5.56 Å². The number of carbonyl (C=O) groups excluding carboxylic acids is 3. The first-order chi connectivity index (χ1) is 13.4. The van der Waals surface area contributed by atoms with Crippen molar-refractivity contribution in [3.05, 3.63) is 53.7 Å². The summed E-state index contributed by atoms with van der Waals surface area (Å²) in [6.45, 7) is 0.942. The molecular formula is C18H17F2N3O5. The van der Waals surface area contributed by atoms with Crippen molar-refractivity contribution in [2.45, 2.75) is 6.92 Å². The number of rotatable bonds is 8. The lowest BCUT2D eigenvalue weighted by Crippen LogP contribution is -2.35. The number of anilines is 1. The molecule has 0 bridgehead atoms. The van der Waals surface area contributed by atoms with E-state index < -0.39 is 42.6 Å². The summed E-state index contributed by atoms with van der Waals surface area (Å²) in [5, 5.41) is 4.52. The number of ether oxygens (including phenoxy) is 2. The third-order valence-electron chi connectivity index (χ3n) is 3.26. The Morgan fingerprint density at radius 1 is 1.11 bits per heavy atom. The lowest BCUT2D eigenvalue weighted by atomic mass is 10.3. The number of nitrogens with zero attached hydrogens (tertiary/aromatic N) is 1. The van der Waals surface area contributed by atoms with Gasteiger partial charge in [-0.15, -0.1) is 0 Å². The average Bonchev–Trinajstić information content (AvgIpc) is 2.68. The molecule has 2 N–H and O–H groups in total. The highest BCUT2D eigenvalue weighted by Gasteiger charge is 2.16. The van der Waals surface area contributed by atoms with E-state index in [0.717, 1.165) is 12.1 Å². The van der Waals surface area contributed by atoms with Gasteiger partial charge in [0.25, 0.3) is 5.91 Å². The predicted molar refractivity (Wildman–Crippen MR) is 93.7 cm³/mol. The standard InChI is InChI=1S/C18H17F2N3O5/c1-2-27-17-12(4-3-7-21-17)18(26)28-10-16(25)22-9-15(24)23-11-5-6-13(19)14(20)8-11/h3-8H,2,9-10H2,1H3,(H,22,25)(H,23,24). The second kappa shape index (κ2) is 9.95. The van der Waals surface area contributed by atoms with Crippen molar-refractivity contribution in [3.63, 3.8) is 0 Å². The van der Waals surface area contributed by atoms with Crippen molar-refractivity contribution in [3.8, 4) is 5.88 Å². The number of nitrogens with one attached hydrogen (secondary N) is 2. The third kappa shape index (κ3) is 6.01. The van der Waals surface area contributed by atoms with E-state index in [1.165, 1.54) is 24.4 Å². The number of carbonyl (C=O) groups is 3. The highest BCUT2D eigenvalue weighted by atomic mass is 19.2. The molecule has 0 spiro atoms. The van der Waals surface area contributed by atoms with E-state index in [1.807, 2.05) is 0 Å². The van der Waals surface area contributed by atoms with Crippen LogP contribution in [0.1, 0.15) is 17.3 Å². The van der Waals surface area contributed by atoms with E-state index in [9.17, 15) is 23.2 Å². The molecule has 148 valence electrons. The van der Waals surface area contributed by atoms with Crippen molar-refractivity contribution in [1.82, 2.24) is 10.3 Å². The first kappa shape index (κ1) is 20.7. The van der Waals surface area contributed by atoms with Crippen LogP contribution in [-0.2, 0) is 14.3 Å². The van der Waals surface area contributed by atoms with Gasteiger partial charge in [-0.05, 0) is 31.2 Å². The summed E-state index contributed by atoms with van der Waals surface area (Å²) < 4.78 is 36.0. The quantitative estimate of drug-likeness (QED) is 0.661. The first-order valence-electron chi connectivity index (χ1n) is 8.17. The summed E-state index contributed by atoms with van der Waals surface area (Å²) in [4.78, 5) is 39.4. The maximum Gasteiger partial charge on any atom is 0.344 e. The van der Waals surface area contributed by atoms with Crippen molar-refractivity contribution in [2.75, 3.05) is 25.1 Å². The molecule has 0 saturated carbocycles. The largest absolute Gasteiger partial charge is 0.477 e. The molecule has 0 fully saturated rings. The maximum atomic E-state index is 13.1. The SMILES string of the molecule is CCOc1ncccc1C(=O)OCC(=O)NCC(=O)Nc1ccc(F)c(F)c1. The monoisotopic (exact) mass is 393 g/mol. The van der Waals surface area contributed by atoms with Gasteiger partial charge in [-0.2, -0.15) is 0 Å². The van der Waals surface area contributed by atoms with Gasteiger partial charge in [-0.1, -0.05) is 0 Å². The summed E-state index contributed by atoms with van der Waals surface area (Å²) in [6.07, 6.45) is 1.44. The van der Waals surface area contributed by atoms with Crippen molar-refractivity contribution >= 4 is 23.5 Å². The van der Waals surface area contributed by atoms with Gasteiger partial charge in [0.2, 0.25) is 11.8 Å². The molecule has 1 aromatic carbocycles. The zero-order valence-electron chi connectivity index (χ0n) is 14.8. The molecule has 0 atom stereocenters. The number of aromatic nitrogens is 1. The maximum absolute atomic E-state index is 13.1. The minimum atomic E-state index is -1.12. The Morgan fingerprint density at radius 3 is 2.61 bits per heavy atom. The molecular weight excluding hydrogens is 376 g/mol. The highest BCUT2D eigenvalue weighted by Crippen LogP contribution is 2.15. The molecule has 10 heteroatoms. The predicted octanol–water partition coefficient (Wildman–Crippen LogP) is 1.67. The van der Waals surface area contributed by atoms with Crippen LogP contribution in [-0.4, -0.2) is 42.5 Å². The number of halogens is 2. The molecule has 0 aliphatic carbocycles. The number of benzene rings is 1. The Hall–Kier alpha value is -3.56. The van der Waals surface area contributed by atoms with Crippen LogP contribution in [0.4, 0.5) is 14.5 Å². The lowest BCUT2D eigenvalue weighted by molar-refractivity contribution is -0.126. The Kier molecular flexibility index (Phi) is 7.37. The normalized spacial score (nSPS) is 10.1. The number of pyridine rings is 1. The summed E-state index contributed by atoms with van der Waals surface area (Å²) in [5.41, 5.74) is 0.0952. The fourth-order valence-corrected chi connectivity index (χ4v) is 2.02. The smallest absolute Gasteiger partial charge is 0.344 e. The second-order valence-electron chi connectivity index (χ2n) is 5.32. The Balaban J connectivity index is 1.78. The Morgan fingerprint density at radius 2 is 1.89 bits per heavy atom. The van der Waals surface area contributed by atoms with E-state index in [2.05, 4.69) is 15.6 Å². The van der Waals surface area contributed by atoms with Crippen molar-refractivity contribution < 1.29 is 32.6 Å². The van der Waals surface area contributed by atoms with E-state index in [1.54, 1.807) is 6.92 Å². The fourth-order valence-electron chi connectivity index (χ4n) is 2.02. The van der Waals surface area contributed by atoms with Gasteiger partial charge >= 0.3 is 5.97 Å². The van der Waals surface area contributed by atoms with Gasteiger partial charge in [0.15, 0.2) is 18.2 Å². The van der Waals surface area contributed by atoms with Crippen LogP contribution in [0.5, 0.6) is 5.88 Å². The molecule has 8 nitrogen and oxygen atoms in total. The van der Waals surface area contributed by atoms with Crippen LogP contribution < -0.4 is 15.4 Å². The van der Waals surface area contributed by atoms with Gasteiger partial charge in [0.05, 0.1) is 13.2 Å². The fraction of sp³-hybridized carbons (Fsp3) is 0.222. The van der Waals surface area contributed by atoms with Gasteiger partial charge in [0, 0.05) is 18.0 Å². The van der Waals surface area contributed by atoms with Crippen LogP contribution in [0, 0.1) is 11.6 Å². The van der Waals surface area contributed by atoms with Crippen LogP contribution in [0.25, 0.3) is 0 Å². The molecule has 1 heterocycles. The molecule has 0 aliphatic rings. The molecule has 2 amide bonds. The van der Waals surface area contributed by atoms with Crippen LogP contribution in [0.15, 0.2) is 36.5 Å². The average molecular weight is 393 g/mol. The topological polar surface area (TPSA) is 107 Å².